The fourth-order valence-corrected chi connectivity index (χ4v) is 1.99. The third-order valence-corrected chi connectivity index (χ3v) is 3.25. The number of phenols is 1. The van der Waals surface area contributed by atoms with Crippen LogP contribution in [0.1, 0.15) is 21.5 Å². The van der Waals surface area contributed by atoms with Crippen LogP contribution in [-0.2, 0) is 0 Å². The van der Waals surface area contributed by atoms with Crippen molar-refractivity contribution in [2.24, 2.45) is 5.10 Å². The summed E-state index contributed by atoms with van der Waals surface area (Å²) in [4.78, 5) is 32.2. The Kier molecular flexibility index (Phi) is 5.03. The van der Waals surface area contributed by atoms with Gasteiger partial charge in [-0.3, -0.25) is 25.0 Å². The van der Waals surface area contributed by atoms with Gasteiger partial charge in [0.2, 0.25) is 0 Å². The maximum atomic E-state index is 12.0. The van der Waals surface area contributed by atoms with Crippen molar-refractivity contribution in [3.63, 3.8) is 0 Å². The molecule has 0 atom stereocenters. The summed E-state index contributed by atoms with van der Waals surface area (Å²) in [6.07, 6.45) is 1.05. The van der Waals surface area contributed by atoms with E-state index in [9.17, 15) is 30.1 Å². The summed E-state index contributed by atoms with van der Waals surface area (Å²) in [5, 5.41) is 34.7. The van der Waals surface area contributed by atoms with Gasteiger partial charge >= 0.3 is 0 Å². The number of non-ortho nitro benzene ring substituents is 1. The van der Waals surface area contributed by atoms with E-state index in [0.29, 0.717) is 5.56 Å². The van der Waals surface area contributed by atoms with Gasteiger partial charge in [-0.25, -0.2) is 5.43 Å². The molecular weight excluding hydrogens is 332 g/mol. The SMILES string of the molecule is Cc1cc(C(=O)N/N=C/c2cc([N+](=O)[O-])ccc2O)ccc1[N+](=O)[O-]. The topological polar surface area (TPSA) is 148 Å². The molecule has 10 nitrogen and oxygen atoms in total. The number of amides is 1. The molecule has 1 amide bonds. The van der Waals surface area contributed by atoms with E-state index < -0.39 is 15.8 Å². The molecule has 0 saturated heterocycles. The first-order valence-corrected chi connectivity index (χ1v) is 6.85. The Morgan fingerprint density at radius 2 is 1.88 bits per heavy atom. The molecule has 0 aliphatic heterocycles. The molecule has 10 heteroatoms. The van der Waals surface area contributed by atoms with E-state index >= 15 is 0 Å². The predicted octanol–water partition coefficient (Wildman–Crippen LogP) is 2.28. The normalized spacial score (nSPS) is 10.6. The van der Waals surface area contributed by atoms with Crippen LogP contribution in [-0.4, -0.2) is 27.1 Å². The third kappa shape index (κ3) is 4.13. The number of rotatable bonds is 5. The highest BCUT2D eigenvalue weighted by molar-refractivity contribution is 5.95. The number of nitro groups is 2. The molecule has 0 aromatic heterocycles. The smallest absolute Gasteiger partial charge is 0.272 e. The van der Waals surface area contributed by atoms with Gasteiger partial charge in [-0.1, -0.05) is 0 Å². The van der Waals surface area contributed by atoms with Gasteiger partial charge in [0.1, 0.15) is 5.75 Å². The first-order chi connectivity index (χ1) is 11.8. The molecule has 0 aliphatic carbocycles. The fraction of sp³-hybridized carbons (Fsp3) is 0.0667. The van der Waals surface area contributed by atoms with Crippen molar-refractivity contribution in [3.8, 4) is 5.75 Å². The number of hydrazone groups is 1. The maximum absolute atomic E-state index is 12.0. The largest absolute Gasteiger partial charge is 0.507 e. The van der Waals surface area contributed by atoms with Crippen LogP contribution < -0.4 is 5.43 Å². The lowest BCUT2D eigenvalue weighted by atomic mass is 10.1. The quantitative estimate of drug-likeness (QED) is 0.483. The van der Waals surface area contributed by atoms with Crippen molar-refractivity contribution in [1.29, 1.82) is 0 Å². The minimum absolute atomic E-state index is 0.0504. The van der Waals surface area contributed by atoms with Gasteiger partial charge in [0.25, 0.3) is 17.3 Å². The maximum Gasteiger partial charge on any atom is 0.272 e. The molecule has 0 bridgehead atoms. The van der Waals surface area contributed by atoms with Gasteiger partial charge in [-0.05, 0) is 25.1 Å². The lowest BCUT2D eigenvalue weighted by Gasteiger charge is -2.02. The van der Waals surface area contributed by atoms with Crippen LogP contribution in [0.3, 0.4) is 0 Å². The van der Waals surface area contributed by atoms with Crippen molar-refractivity contribution < 1.29 is 19.7 Å². The molecule has 128 valence electrons. The number of carbonyl (C=O) groups is 1. The minimum atomic E-state index is -0.630. The summed E-state index contributed by atoms with van der Waals surface area (Å²) in [5.41, 5.74) is 2.35. The van der Waals surface area contributed by atoms with Gasteiger partial charge in [-0.2, -0.15) is 5.10 Å². The number of benzene rings is 2. The second kappa shape index (κ2) is 7.17. The number of nitrogens with zero attached hydrogens (tertiary/aromatic N) is 3. The van der Waals surface area contributed by atoms with Crippen LogP contribution in [0.25, 0.3) is 0 Å². The Morgan fingerprint density at radius 3 is 2.48 bits per heavy atom. The summed E-state index contributed by atoms with van der Waals surface area (Å²) in [6, 6.07) is 7.20. The lowest BCUT2D eigenvalue weighted by Crippen LogP contribution is -2.17. The van der Waals surface area contributed by atoms with Crippen LogP contribution in [0.2, 0.25) is 0 Å². The first kappa shape index (κ1) is 17.5. The summed E-state index contributed by atoms with van der Waals surface area (Å²) < 4.78 is 0. The van der Waals surface area contributed by atoms with Gasteiger partial charge in [-0.15, -0.1) is 0 Å². The molecule has 0 saturated carbocycles. The number of carbonyl (C=O) groups excluding carboxylic acids is 1. The molecule has 0 fully saturated rings. The number of phenolic OH excluding ortho intramolecular Hbond substituents is 1. The van der Waals surface area contributed by atoms with Crippen LogP contribution >= 0.6 is 0 Å². The summed E-state index contributed by atoms with van der Waals surface area (Å²) in [7, 11) is 0. The molecule has 2 aromatic rings. The van der Waals surface area contributed by atoms with Crippen molar-refractivity contribution in [1.82, 2.24) is 5.43 Å². The zero-order valence-corrected chi connectivity index (χ0v) is 12.9. The zero-order valence-electron chi connectivity index (χ0n) is 12.9. The van der Waals surface area contributed by atoms with Crippen LogP contribution in [0.4, 0.5) is 11.4 Å². The molecule has 25 heavy (non-hydrogen) atoms. The van der Waals surface area contributed by atoms with Crippen molar-refractivity contribution in [2.75, 3.05) is 0 Å². The van der Waals surface area contributed by atoms with E-state index in [1.165, 1.54) is 25.1 Å². The third-order valence-electron chi connectivity index (χ3n) is 3.25. The zero-order chi connectivity index (χ0) is 18.6. The molecule has 2 N–H and O–H groups in total. The molecule has 0 radical (unpaired) electrons. The number of hydrogen-bond acceptors (Lipinski definition) is 7. The number of hydrogen-bond donors (Lipinski definition) is 2. The van der Waals surface area contributed by atoms with E-state index in [1.54, 1.807) is 0 Å². The average molecular weight is 344 g/mol. The average Bonchev–Trinajstić information content (AvgIpc) is 2.55. The molecule has 0 heterocycles. The highest BCUT2D eigenvalue weighted by Crippen LogP contribution is 2.21. The van der Waals surface area contributed by atoms with E-state index in [1.807, 2.05) is 0 Å². The monoisotopic (exact) mass is 344 g/mol. The van der Waals surface area contributed by atoms with Gasteiger partial charge in [0.15, 0.2) is 0 Å². The standard InChI is InChI=1S/C15H12N4O6/c1-9-6-10(2-4-13(9)19(24)25)15(21)17-16-8-11-7-12(18(22)23)3-5-14(11)20/h2-8,20H,1H3,(H,17,21)/b16-8+. The first-order valence-electron chi connectivity index (χ1n) is 6.85. The predicted molar refractivity (Wildman–Crippen MR) is 87.7 cm³/mol. The number of nitro benzene ring substituents is 2. The van der Waals surface area contributed by atoms with Crippen molar-refractivity contribution >= 4 is 23.5 Å². The second-order valence-corrected chi connectivity index (χ2v) is 4.96. The van der Waals surface area contributed by atoms with Crippen molar-refractivity contribution in [3.05, 3.63) is 73.3 Å². The molecule has 2 aromatic carbocycles. The number of aromatic hydroxyl groups is 1. The molecule has 0 aliphatic rings. The van der Waals surface area contributed by atoms with Gasteiger partial charge < -0.3 is 5.11 Å². The fourth-order valence-electron chi connectivity index (χ4n) is 1.99. The Labute approximate surface area is 140 Å². The van der Waals surface area contributed by atoms with Crippen LogP contribution in [0.5, 0.6) is 5.75 Å². The van der Waals surface area contributed by atoms with E-state index in [4.69, 9.17) is 0 Å². The Balaban J connectivity index is 2.13. The minimum Gasteiger partial charge on any atom is -0.507 e. The van der Waals surface area contributed by atoms with E-state index in [0.717, 1.165) is 24.4 Å². The summed E-state index contributed by atoms with van der Waals surface area (Å²) >= 11 is 0. The van der Waals surface area contributed by atoms with E-state index in [-0.39, 0.29) is 28.3 Å². The lowest BCUT2D eigenvalue weighted by molar-refractivity contribution is -0.385. The Bertz CT molecular complexity index is 894. The highest BCUT2D eigenvalue weighted by atomic mass is 16.6. The molecule has 2 rings (SSSR count). The van der Waals surface area contributed by atoms with E-state index in [2.05, 4.69) is 10.5 Å². The Morgan fingerprint density at radius 1 is 1.16 bits per heavy atom. The van der Waals surface area contributed by atoms with Gasteiger partial charge in [0, 0.05) is 34.9 Å². The molecule has 0 unspecified atom stereocenters. The summed E-state index contributed by atoms with van der Waals surface area (Å²) in [5.74, 6) is -0.867. The highest BCUT2D eigenvalue weighted by Gasteiger charge is 2.13. The number of aryl methyl sites for hydroxylation is 1. The van der Waals surface area contributed by atoms with Gasteiger partial charge in [0.05, 0.1) is 16.1 Å². The Hall–Kier alpha value is -3.82. The molecule has 0 spiro atoms. The van der Waals surface area contributed by atoms with Crippen LogP contribution in [0.15, 0.2) is 41.5 Å². The van der Waals surface area contributed by atoms with Crippen molar-refractivity contribution in [2.45, 2.75) is 6.92 Å². The number of nitrogens with one attached hydrogen (secondary N) is 1. The molecular formula is C15H12N4O6. The second-order valence-electron chi connectivity index (χ2n) is 4.96. The van der Waals surface area contributed by atoms with Crippen LogP contribution in [0, 0.1) is 27.2 Å². The summed E-state index contributed by atoms with van der Waals surface area (Å²) in [6.45, 7) is 1.50.